The molecule has 1 rings (SSSR count). The van der Waals surface area contributed by atoms with E-state index in [0.29, 0.717) is 17.9 Å². The van der Waals surface area contributed by atoms with E-state index in [0.717, 1.165) is 0 Å². The maximum absolute atomic E-state index is 10.6. The van der Waals surface area contributed by atoms with E-state index >= 15 is 0 Å². The molecule has 1 aliphatic heterocycles. The molecule has 0 amide bonds. The van der Waals surface area contributed by atoms with Crippen LogP contribution in [0.5, 0.6) is 0 Å². The largest absolute Gasteiger partial charge is 0.478 e. The summed E-state index contributed by atoms with van der Waals surface area (Å²) in [5.74, 6) is -0.520. The van der Waals surface area contributed by atoms with E-state index in [4.69, 9.17) is 5.11 Å². The van der Waals surface area contributed by atoms with Gasteiger partial charge >= 0.3 is 5.97 Å². The standard InChI is InChI=1S/C9H13NO2/c1-6-5-8(9(11)12)3-4-10-7(6)2/h3-4,6-7H,5H2,1-2H3,(H,11,12). The maximum atomic E-state index is 10.6. The van der Waals surface area contributed by atoms with Crippen molar-refractivity contribution in [3.63, 3.8) is 0 Å². The average molecular weight is 167 g/mol. The van der Waals surface area contributed by atoms with E-state index in [1.807, 2.05) is 13.8 Å². The maximum Gasteiger partial charge on any atom is 0.331 e. The van der Waals surface area contributed by atoms with Gasteiger partial charge in [0, 0.05) is 17.8 Å². The van der Waals surface area contributed by atoms with Crippen molar-refractivity contribution in [2.75, 3.05) is 0 Å². The van der Waals surface area contributed by atoms with Crippen molar-refractivity contribution < 1.29 is 9.90 Å². The predicted octanol–water partition coefficient (Wildman–Crippen LogP) is 1.50. The first-order chi connectivity index (χ1) is 5.61. The topological polar surface area (TPSA) is 49.7 Å². The molecular formula is C9H13NO2. The number of aliphatic imine (C=N–C) groups is 1. The Morgan fingerprint density at radius 1 is 1.67 bits per heavy atom. The molecule has 0 saturated carbocycles. The monoisotopic (exact) mass is 167 g/mol. The molecule has 1 aliphatic rings. The molecule has 12 heavy (non-hydrogen) atoms. The van der Waals surface area contributed by atoms with Gasteiger partial charge in [-0.05, 0) is 25.3 Å². The summed E-state index contributed by atoms with van der Waals surface area (Å²) < 4.78 is 0. The Balaban J connectivity index is 2.77. The van der Waals surface area contributed by atoms with Crippen LogP contribution in [0.25, 0.3) is 0 Å². The summed E-state index contributed by atoms with van der Waals surface area (Å²) >= 11 is 0. The van der Waals surface area contributed by atoms with Crippen LogP contribution in [0.2, 0.25) is 0 Å². The van der Waals surface area contributed by atoms with E-state index in [2.05, 4.69) is 4.99 Å². The number of hydrogen-bond acceptors (Lipinski definition) is 2. The van der Waals surface area contributed by atoms with E-state index < -0.39 is 5.97 Å². The van der Waals surface area contributed by atoms with Crippen LogP contribution in [-0.4, -0.2) is 23.3 Å². The second kappa shape index (κ2) is 3.52. The minimum absolute atomic E-state index is 0.220. The zero-order chi connectivity index (χ0) is 9.14. The van der Waals surface area contributed by atoms with Crippen molar-refractivity contribution in [3.05, 3.63) is 11.6 Å². The normalized spacial score (nSPS) is 29.3. The van der Waals surface area contributed by atoms with E-state index in [-0.39, 0.29) is 6.04 Å². The second-order valence-electron chi connectivity index (χ2n) is 3.22. The number of rotatable bonds is 1. The highest BCUT2D eigenvalue weighted by atomic mass is 16.4. The first-order valence-electron chi connectivity index (χ1n) is 4.07. The number of carboxylic acids is 1. The molecule has 0 saturated heterocycles. The van der Waals surface area contributed by atoms with Gasteiger partial charge in [-0.1, -0.05) is 6.92 Å². The molecule has 3 nitrogen and oxygen atoms in total. The van der Waals surface area contributed by atoms with Crippen LogP contribution in [0.3, 0.4) is 0 Å². The summed E-state index contributed by atoms with van der Waals surface area (Å²) in [6.07, 6.45) is 3.79. The Kier molecular flexibility index (Phi) is 2.63. The molecule has 0 aromatic heterocycles. The number of carboxylic acid groups (broad SMARTS) is 1. The van der Waals surface area contributed by atoms with E-state index in [1.54, 1.807) is 12.3 Å². The number of aliphatic carboxylic acids is 1. The predicted molar refractivity (Wildman–Crippen MR) is 47.5 cm³/mol. The summed E-state index contributed by atoms with van der Waals surface area (Å²) in [6.45, 7) is 4.02. The molecule has 0 aromatic rings. The second-order valence-corrected chi connectivity index (χ2v) is 3.22. The highest BCUT2D eigenvalue weighted by molar-refractivity contribution is 5.92. The van der Waals surface area contributed by atoms with Gasteiger partial charge in [0.2, 0.25) is 0 Å². The van der Waals surface area contributed by atoms with Crippen LogP contribution in [-0.2, 0) is 4.79 Å². The lowest BCUT2D eigenvalue weighted by atomic mass is 9.96. The molecule has 2 atom stereocenters. The fourth-order valence-corrected chi connectivity index (χ4v) is 1.16. The van der Waals surface area contributed by atoms with Gasteiger partial charge in [-0.25, -0.2) is 4.79 Å². The molecule has 0 bridgehead atoms. The molecule has 0 aromatic carbocycles. The molecule has 0 spiro atoms. The average Bonchev–Trinajstić information content (AvgIpc) is 2.15. The molecular weight excluding hydrogens is 154 g/mol. The molecule has 3 heteroatoms. The van der Waals surface area contributed by atoms with Crippen molar-refractivity contribution in [2.24, 2.45) is 10.9 Å². The van der Waals surface area contributed by atoms with Crippen molar-refractivity contribution >= 4 is 12.2 Å². The van der Waals surface area contributed by atoms with Crippen LogP contribution < -0.4 is 0 Å². The van der Waals surface area contributed by atoms with Gasteiger partial charge in [0.25, 0.3) is 0 Å². The molecule has 2 unspecified atom stereocenters. The Bertz CT molecular complexity index is 243. The Morgan fingerprint density at radius 3 is 2.92 bits per heavy atom. The smallest absolute Gasteiger partial charge is 0.331 e. The molecule has 1 heterocycles. The zero-order valence-corrected chi connectivity index (χ0v) is 7.32. The number of hydrogen-bond donors (Lipinski definition) is 1. The molecule has 0 fully saturated rings. The zero-order valence-electron chi connectivity index (χ0n) is 7.32. The van der Waals surface area contributed by atoms with Crippen molar-refractivity contribution in [2.45, 2.75) is 26.3 Å². The molecule has 0 aliphatic carbocycles. The van der Waals surface area contributed by atoms with Gasteiger partial charge in [0.15, 0.2) is 0 Å². The van der Waals surface area contributed by atoms with Crippen LogP contribution in [0.4, 0.5) is 0 Å². The molecule has 0 radical (unpaired) electrons. The van der Waals surface area contributed by atoms with Crippen LogP contribution in [0.1, 0.15) is 20.3 Å². The van der Waals surface area contributed by atoms with Crippen molar-refractivity contribution in [1.82, 2.24) is 0 Å². The van der Waals surface area contributed by atoms with Gasteiger partial charge in [-0.15, -0.1) is 0 Å². The van der Waals surface area contributed by atoms with Crippen LogP contribution in [0.15, 0.2) is 16.6 Å². The third-order valence-corrected chi connectivity index (χ3v) is 2.24. The molecule has 66 valence electrons. The Labute approximate surface area is 71.8 Å². The fraction of sp³-hybridized carbons (Fsp3) is 0.556. The Hall–Kier alpha value is -1.12. The van der Waals surface area contributed by atoms with Gasteiger partial charge in [0.1, 0.15) is 0 Å². The van der Waals surface area contributed by atoms with Gasteiger partial charge < -0.3 is 5.11 Å². The SMILES string of the molecule is CC1CC(C(=O)O)=CC=NC1C. The molecule has 1 N–H and O–H groups in total. The minimum atomic E-state index is -0.831. The highest BCUT2D eigenvalue weighted by Gasteiger charge is 2.18. The van der Waals surface area contributed by atoms with Crippen molar-refractivity contribution in [1.29, 1.82) is 0 Å². The van der Waals surface area contributed by atoms with Gasteiger partial charge in [-0.2, -0.15) is 0 Å². The summed E-state index contributed by atoms with van der Waals surface area (Å²) in [5, 5.41) is 8.74. The lowest BCUT2D eigenvalue weighted by Gasteiger charge is -2.13. The third-order valence-electron chi connectivity index (χ3n) is 2.24. The lowest BCUT2D eigenvalue weighted by molar-refractivity contribution is -0.132. The Morgan fingerprint density at radius 2 is 2.33 bits per heavy atom. The first-order valence-corrected chi connectivity index (χ1v) is 4.07. The quantitative estimate of drug-likeness (QED) is 0.643. The van der Waals surface area contributed by atoms with E-state index in [9.17, 15) is 4.79 Å². The fourth-order valence-electron chi connectivity index (χ4n) is 1.16. The van der Waals surface area contributed by atoms with Gasteiger partial charge in [-0.3, -0.25) is 4.99 Å². The lowest BCUT2D eigenvalue weighted by Crippen LogP contribution is -2.13. The number of nitrogens with zero attached hydrogens (tertiary/aromatic N) is 1. The highest BCUT2D eigenvalue weighted by Crippen LogP contribution is 2.19. The summed E-state index contributed by atoms with van der Waals surface area (Å²) in [5.41, 5.74) is 0.454. The summed E-state index contributed by atoms with van der Waals surface area (Å²) in [6, 6.07) is 0.220. The summed E-state index contributed by atoms with van der Waals surface area (Å²) in [7, 11) is 0. The third kappa shape index (κ3) is 1.94. The van der Waals surface area contributed by atoms with Crippen LogP contribution in [0, 0.1) is 5.92 Å². The van der Waals surface area contributed by atoms with Crippen molar-refractivity contribution in [3.8, 4) is 0 Å². The minimum Gasteiger partial charge on any atom is -0.478 e. The van der Waals surface area contributed by atoms with E-state index in [1.165, 1.54) is 0 Å². The number of allylic oxidation sites excluding steroid dienone is 1. The summed E-state index contributed by atoms with van der Waals surface area (Å²) in [4.78, 5) is 14.8. The number of carbonyl (C=O) groups is 1. The van der Waals surface area contributed by atoms with Crippen LogP contribution >= 0.6 is 0 Å². The first kappa shape index (κ1) is 8.97. The van der Waals surface area contributed by atoms with Gasteiger partial charge in [0.05, 0.1) is 0 Å².